The topological polar surface area (TPSA) is 0 Å². The van der Waals surface area contributed by atoms with Crippen molar-refractivity contribution in [3.63, 3.8) is 0 Å². The molecule has 1 rings (SSSR count). The Morgan fingerprint density at radius 3 is 2.92 bits per heavy atom. The first-order chi connectivity index (χ1) is 5.74. The van der Waals surface area contributed by atoms with Crippen molar-refractivity contribution in [1.82, 2.24) is 0 Å². The molecule has 3 heteroatoms. The van der Waals surface area contributed by atoms with Crippen LogP contribution in [0, 0.1) is 5.82 Å². The lowest BCUT2D eigenvalue weighted by molar-refractivity contribution is 0.627. The Hall–Kier alpha value is -0.470. The summed E-state index contributed by atoms with van der Waals surface area (Å²) in [7, 11) is 0. The van der Waals surface area contributed by atoms with Crippen LogP contribution in [-0.4, -0.2) is 5.75 Å². The Bertz CT molecular complexity index is 297. The van der Waals surface area contributed by atoms with E-state index in [0.717, 1.165) is 0 Å². The van der Waals surface area contributed by atoms with Gasteiger partial charge in [-0.2, -0.15) is 12.6 Å². The van der Waals surface area contributed by atoms with Crippen LogP contribution in [0.1, 0.15) is 5.56 Å². The Balaban J connectivity index is 2.97. The molecule has 64 valence electrons. The highest BCUT2D eigenvalue weighted by molar-refractivity contribution is 7.80. The maximum absolute atomic E-state index is 12.7. The SMILES string of the molecule is Fc1ccc(Cl)c(C=CCS)c1. The normalized spacial score (nSPS) is 10.9. The minimum atomic E-state index is -0.279. The summed E-state index contributed by atoms with van der Waals surface area (Å²) >= 11 is 9.78. The molecule has 1 aromatic rings. The van der Waals surface area contributed by atoms with E-state index < -0.39 is 0 Å². The van der Waals surface area contributed by atoms with Gasteiger partial charge in [-0.3, -0.25) is 0 Å². The zero-order chi connectivity index (χ0) is 8.97. The van der Waals surface area contributed by atoms with Gasteiger partial charge >= 0.3 is 0 Å². The van der Waals surface area contributed by atoms with Crippen LogP contribution in [0.15, 0.2) is 24.3 Å². The first-order valence-corrected chi connectivity index (χ1v) is 4.47. The van der Waals surface area contributed by atoms with Gasteiger partial charge in [-0.05, 0) is 23.8 Å². The third kappa shape index (κ3) is 2.54. The summed E-state index contributed by atoms with van der Waals surface area (Å²) in [6.45, 7) is 0. The molecule has 0 radical (unpaired) electrons. The fourth-order valence-corrected chi connectivity index (χ4v) is 1.11. The predicted octanol–water partition coefficient (Wildman–Crippen LogP) is 3.42. The smallest absolute Gasteiger partial charge is 0.123 e. The molecule has 0 fully saturated rings. The zero-order valence-electron chi connectivity index (χ0n) is 6.30. The summed E-state index contributed by atoms with van der Waals surface area (Å²) < 4.78 is 12.7. The molecule has 0 N–H and O–H groups in total. The van der Waals surface area contributed by atoms with E-state index in [2.05, 4.69) is 12.6 Å². The van der Waals surface area contributed by atoms with Crippen molar-refractivity contribution >= 4 is 30.3 Å². The largest absolute Gasteiger partial charge is 0.207 e. The monoisotopic (exact) mass is 202 g/mol. The van der Waals surface area contributed by atoms with E-state index in [1.54, 1.807) is 6.08 Å². The van der Waals surface area contributed by atoms with E-state index in [4.69, 9.17) is 11.6 Å². The molecule has 0 heterocycles. The summed E-state index contributed by atoms with van der Waals surface area (Å²) in [5.74, 6) is 0.338. The van der Waals surface area contributed by atoms with Gasteiger partial charge in [0, 0.05) is 10.8 Å². The molecule has 1 aromatic carbocycles. The molecule has 0 nitrogen and oxygen atoms in total. The van der Waals surface area contributed by atoms with E-state index >= 15 is 0 Å². The maximum atomic E-state index is 12.7. The number of hydrogen-bond acceptors (Lipinski definition) is 1. The van der Waals surface area contributed by atoms with Crippen molar-refractivity contribution < 1.29 is 4.39 Å². The fraction of sp³-hybridized carbons (Fsp3) is 0.111. The van der Waals surface area contributed by atoms with Gasteiger partial charge in [0.2, 0.25) is 0 Å². The van der Waals surface area contributed by atoms with E-state index in [9.17, 15) is 4.39 Å². The molecule has 0 aliphatic rings. The molecular weight excluding hydrogens is 195 g/mol. The van der Waals surface area contributed by atoms with Crippen LogP contribution in [0.5, 0.6) is 0 Å². The Kier molecular flexibility index (Phi) is 3.63. The predicted molar refractivity (Wildman–Crippen MR) is 54.3 cm³/mol. The van der Waals surface area contributed by atoms with Crippen LogP contribution in [0.2, 0.25) is 5.02 Å². The van der Waals surface area contributed by atoms with Gasteiger partial charge in [-0.25, -0.2) is 4.39 Å². The van der Waals surface area contributed by atoms with Crippen LogP contribution in [0.4, 0.5) is 4.39 Å². The average molecular weight is 203 g/mol. The summed E-state index contributed by atoms with van der Waals surface area (Å²) in [5.41, 5.74) is 0.686. The van der Waals surface area contributed by atoms with Gasteiger partial charge in [-0.1, -0.05) is 23.8 Å². The van der Waals surface area contributed by atoms with Crippen molar-refractivity contribution in [2.24, 2.45) is 0 Å². The van der Waals surface area contributed by atoms with Crippen LogP contribution in [0.3, 0.4) is 0 Å². The lowest BCUT2D eigenvalue weighted by atomic mass is 10.2. The van der Waals surface area contributed by atoms with Crippen molar-refractivity contribution in [3.8, 4) is 0 Å². The first kappa shape index (κ1) is 9.62. The molecule has 0 amide bonds. The highest BCUT2D eigenvalue weighted by Crippen LogP contribution is 2.18. The zero-order valence-corrected chi connectivity index (χ0v) is 7.95. The van der Waals surface area contributed by atoms with Gasteiger partial charge in [0.1, 0.15) is 5.82 Å². The average Bonchev–Trinajstić information content (AvgIpc) is 2.07. The Morgan fingerprint density at radius 1 is 1.50 bits per heavy atom. The third-order valence-corrected chi connectivity index (χ3v) is 1.92. The number of rotatable bonds is 2. The number of thiol groups is 1. The highest BCUT2D eigenvalue weighted by atomic mass is 35.5. The van der Waals surface area contributed by atoms with Crippen LogP contribution in [0.25, 0.3) is 6.08 Å². The number of benzene rings is 1. The van der Waals surface area contributed by atoms with Gasteiger partial charge in [-0.15, -0.1) is 0 Å². The van der Waals surface area contributed by atoms with Crippen molar-refractivity contribution in [2.75, 3.05) is 5.75 Å². The molecular formula is C9H8ClFS. The van der Waals surface area contributed by atoms with E-state index in [0.29, 0.717) is 16.3 Å². The minimum Gasteiger partial charge on any atom is -0.207 e. The standard InChI is InChI=1S/C9H8ClFS/c10-9-4-3-8(11)6-7(9)2-1-5-12/h1-4,6,12H,5H2. The molecule has 0 atom stereocenters. The molecule has 0 aliphatic heterocycles. The van der Waals surface area contributed by atoms with Gasteiger partial charge < -0.3 is 0 Å². The summed E-state index contributed by atoms with van der Waals surface area (Å²) in [4.78, 5) is 0. The van der Waals surface area contributed by atoms with Crippen LogP contribution in [-0.2, 0) is 0 Å². The second kappa shape index (κ2) is 4.53. The lowest BCUT2D eigenvalue weighted by Crippen LogP contribution is -1.78. The van der Waals surface area contributed by atoms with Crippen LogP contribution < -0.4 is 0 Å². The second-order valence-electron chi connectivity index (χ2n) is 2.25. The summed E-state index contributed by atoms with van der Waals surface area (Å²) in [6, 6.07) is 4.26. The van der Waals surface area contributed by atoms with Gasteiger partial charge in [0.05, 0.1) is 0 Å². The molecule has 0 saturated carbocycles. The van der Waals surface area contributed by atoms with Gasteiger partial charge in [0.25, 0.3) is 0 Å². The maximum Gasteiger partial charge on any atom is 0.123 e. The molecule has 0 spiro atoms. The molecule has 0 aromatic heterocycles. The van der Waals surface area contributed by atoms with Gasteiger partial charge in [0.15, 0.2) is 0 Å². The summed E-state index contributed by atoms with van der Waals surface area (Å²) in [6.07, 6.45) is 3.56. The fourth-order valence-electron chi connectivity index (χ4n) is 0.822. The van der Waals surface area contributed by atoms with Crippen molar-refractivity contribution in [1.29, 1.82) is 0 Å². The molecule has 12 heavy (non-hydrogen) atoms. The van der Waals surface area contributed by atoms with Crippen molar-refractivity contribution in [2.45, 2.75) is 0 Å². The molecule has 0 unspecified atom stereocenters. The van der Waals surface area contributed by atoms with E-state index in [1.807, 2.05) is 6.08 Å². The lowest BCUT2D eigenvalue weighted by Gasteiger charge is -1.96. The second-order valence-corrected chi connectivity index (χ2v) is 3.02. The number of halogens is 2. The minimum absolute atomic E-state index is 0.279. The Labute approximate surface area is 81.5 Å². The van der Waals surface area contributed by atoms with Crippen LogP contribution >= 0.6 is 24.2 Å². The van der Waals surface area contributed by atoms with E-state index in [-0.39, 0.29) is 5.82 Å². The molecule has 0 saturated heterocycles. The Morgan fingerprint density at radius 2 is 2.25 bits per heavy atom. The number of hydrogen-bond donors (Lipinski definition) is 1. The van der Waals surface area contributed by atoms with E-state index in [1.165, 1.54) is 18.2 Å². The highest BCUT2D eigenvalue weighted by Gasteiger charge is 1.96. The molecule has 0 bridgehead atoms. The third-order valence-electron chi connectivity index (χ3n) is 1.36. The first-order valence-electron chi connectivity index (χ1n) is 3.46. The molecule has 0 aliphatic carbocycles. The van der Waals surface area contributed by atoms with Crippen molar-refractivity contribution in [3.05, 3.63) is 40.7 Å². The summed E-state index contributed by atoms with van der Waals surface area (Å²) in [5, 5.41) is 0.550. The quantitative estimate of drug-likeness (QED) is 0.699.